The lowest BCUT2D eigenvalue weighted by molar-refractivity contribution is 0.375. The van der Waals surface area contributed by atoms with E-state index in [4.69, 9.17) is 0 Å². The molecule has 0 unspecified atom stereocenters. The van der Waals surface area contributed by atoms with Crippen molar-refractivity contribution in [3.05, 3.63) is 84.7 Å². The molecular weight excluding hydrogens is 454 g/mol. The fourth-order valence-electron chi connectivity index (χ4n) is 3.80. The van der Waals surface area contributed by atoms with Crippen LogP contribution in [0.1, 0.15) is 5.82 Å². The van der Waals surface area contributed by atoms with E-state index < -0.39 is 10.9 Å². The van der Waals surface area contributed by atoms with Gasteiger partial charge in [0.2, 0.25) is 0 Å². The van der Waals surface area contributed by atoms with Crippen molar-refractivity contribution in [2.75, 3.05) is 5.43 Å². The smallest absolute Gasteiger partial charge is 0.154 e. The summed E-state index contributed by atoms with van der Waals surface area (Å²) in [6.45, 7) is 1.83. The number of aromatic nitrogens is 2. The molecule has 0 aliphatic heterocycles. The number of hydrogen-bond acceptors (Lipinski definition) is 8. The summed E-state index contributed by atoms with van der Waals surface area (Å²) in [5.41, 5.74) is 5.52. The number of hydrogen-bond donors (Lipinski definition) is 5. The number of rotatable bonds is 5. The largest absolute Gasteiger partial charge is 0.505 e. The van der Waals surface area contributed by atoms with Crippen molar-refractivity contribution in [3.63, 3.8) is 0 Å². The molecule has 0 saturated heterocycles. The van der Waals surface area contributed by atoms with Crippen molar-refractivity contribution in [1.82, 2.24) is 9.66 Å². The lowest BCUT2D eigenvalue weighted by Gasteiger charge is -2.22. The Morgan fingerprint density at radius 1 is 0.882 bits per heavy atom. The number of benzene rings is 4. The zero-order chi connectivity index (χ0) is 23.9. The lowest BCUT2D eigenvalue weighted by atomic mass is 10.1. The Hall–Kier alpha value is -3.96. The topological polar surface area (TPSA) is 135 Å². The number of imidazole rings is 1. The fourth-order valence-corrected chi connectivity index (χ4v) is 4.48. The van der Waals surface area contributed by atoms with Crippen LogP contribution in [-0.2, 0) is 0 Å². The number of azo groups is 1. The van der Waals surface area contributed by atoms with Crippen LogP contribution in [0.5, 0.6) is 5.75 Å². The van der Waals surface area contributed by atoms with Gasteiger partial charge in [-0.1, -0.05) is 42.5 Å². The standard InChI is InChI=1S/C24H21N5O4S/c1-15-25-19-13-12-16-14-20(34(31,32)33)22(27-26-17-8-4-2-5-9-17)24(30)21(16)23(19)29(15)28-18-10-6-3-7-11-18/h2-14,28,30-33H,1H3. The molecule has 9 nitrogen and oxygen atoms in total. The van der Waals surface area contributed by atoms with Crippen LogP contribution in [0.25, 0.3) is 21.8 Å². The summed E-state index contributed by atoms with van der Waals surface area (Å²) in [7, 11) is -4.21. The molecule has 1 heterocycles. The molecule has 34 heavy (non-hydrogen) atoms. The molecule has 0 bridgehead atoms. The van der Waals surface area contributed by atoms with Gasteiger partial charge in [0, 0.05) is 0 Å². The molecule has 0 radical (unpaired) electrons. The lowest BCUT2D eigenvalue weighted by Crippen LogP contribution is -2.10. The molecule has 5 N–H and O–H groups in total. The van der Waals surface area contributed by atoms with Gasteiger partial charge < -0.3 is 18.8 Å². The van der Waals surface area contributed by atoms with Gasteiger partial charge in [-0.3, -0.25) is 5.43 Å². The van der Waals surface area contributed by atoms with Crippen molar-refractivity contribution in [3.8, 4) is 5.75 Å². The van der Waals surface area contributed by atoms with E-state index in [1.54, 1.807) is 41.1 Å². The van der Waals surface area contributed by atoms with E-state index in [2.05, 4.69) is 20.6 Å². The highest BCUT2D eigenvalue weighted by Crippen LogP contribution is 2.55. The number of fused-ring (bicyclic) bond motifs is 3. The number of nitrogens with one attached hydrogen (secondary N) is 1. The molecule has 0 atom stereocenters. The van der Waals surface area contributed by atoms with Gasteiger partial charge in [0.05, 0.1) is 27.2 Å². The Morgan fingerprint density at radius 2 is 1.56 bits per heavy atom. The molecule has 4 aromatic carbocycles. The van der Waals surface area contributed by atoms with Crippen LogP contribution in [0.3, 0.4) is 0 Å². The number of phenolic OH excluding ortho intramolecular Hbond substituents is 1. The third kappa shape index (κ3) is 3.95. The maximum absolute atomic E-state index is 11.3. The maximum atomic E-state index is 11.3. The molecule has 0 aliphatic rings. The minimum Gasteiger partial charge on any atom is -0.505 e. The van der Waals surface area contributed by atoms with Gasteiger partial charge in [-0.15, -0.1) is 5.11 Å². The molecule has 5 rings (SSSR count). The highest BCUT2D eigenvalue weighted by molar-refractivity contribution is 8.19. The average Bonchev–Trinajstić information content (AvgIpc) is 3.14. The second-order valence-corrected chi connectivity index (χ2v) is 9.11. The number of para-hydroxylation sites is 1. The van der Waals surface area contributed by atoms with Gasteiger partial charge in [0.25, 0.3) is 0 Å². The Morgan fingerprint density at radius 3 is 2.24 bits per heavy atom. The van der Waals surface area contributed by atoms with E-state index >= 15 is 0 Å². The summed E-state index contributed by atoms with van der Waals surface area (Å²) >= 11 is 0. The number of aromatic hydroxyl groups is 1. The van der Waals surface area contributed by atoms with Crippen molar-refractivity contribution in [2.45, 2.75) is 11.8 Å². The normalized spacial score (nSPS) is 12.6. The third-order valence-corrected chi connectivity index (χ3v) is 6.23. The monoisotopic (exact) mass is 475 g/mol. The van der Waals surface area contributed by atoms with Crippen molar-refractivity contribution in [1.29, 1.82) is 0 Å². The molecule has 5 aromatic rings. The van der Waals surface area contributed by atoms with Gasteiger partial charge in [-0.05, 0) is 48.7 Å². The van der Waals surface area contributed by atoms with E-state index in [0.29, 0.717) is 33.3 Å². The zero-order valence-electron chi connectivity index (χ0n) is 18.0. The third-order valence-electron chi connectivity index (χ3n) is 5.33. The summed E-state index contributed by atoms with van der Waals surface area (Å²) in [5.74, 6) is 0.288. The van der Waals surface area contributed by atoms with Crippen LogP contribution >= 0.6 is 10.9 Å². The van der Waals surface area contributed by atoms with Crippen molar-refractivity contribution in [2.24, 2.45) is 10.2 Å². The summed E-state index contributed by atoms with van der Waals surface area (Å²) < 4.78 is 31.9. The highest BCUT2D eigenvalue weighted by Gasteiger charge is 2.27. The fraction of sp³-hybridized carbons (Fsp3) is 0.0417. The molecule has 0 fully saturated rings. The Balaban J connectivity index is 1.79. The quantitative estimate of drug-likeness (QED) is 0.172. The minimum absolute atomic E-state index is 0.239. The van der Waals surface area contributed by atoms with Crippen LogP contribution in [0, 0.1) is 6.92 Å². The summed E-state index contributed by atoms with van der Waals surface area (Å²) in [6, 6.07) is 23.1. The first-order valence-electron chi connectivity index (χ1n) is 10.3. The van der Waals surface area contributed by atoms with Gasteiger partial charge in [-0.2, -0.15) is 5.11 Å². The Bertz CT molecular complexity index is 1530. The van der Waals surface area contributed by atoms with E-state index in [1.165, 1.54) is 6.07 Å². The number of aryl methyl sites for hydroxylation is 1. The van der Waals surface area contributed by atoms with Crippen molar-refractivity contribution < 1.29 is 18.8 Å². The molecule has 0 amide bonds. The van der Waals surface area contributed by atoms with Crippen LogP contribution in [0.15, 0.2) is 94.0 Å². The molecule has 0 spiro atoms. The highest BCUT2D eigenvalue weighted by atomic mass is 32.3. The SMILES string of the molecule is Cc1nc2ccc3cc(S(O)(O)O)c(N=Nc4ccccc4)c(O)c3c2n1Nc1ccccc1. The summed E-state index contributed by atoms with van der Waals surface area (Å²) in [5, 5.41) is 20.3. The van der Waals surface area contributed by atoms with E-state index in [9.17, 15) is 18.8 Å². The molecule has 0 aliphatic carbocycles. The first-order valence-corrected chi connectivity index (χ1v) is 11.8. The van der Waals surface area contributed by atoms with Crippen LogP contribution in [-0.4, -0.2) is 28.4 Å². The van der Waals surface area contributed by atoms with Crippen molar-refractivity contribution >= 4 is 49.7 Å². The summed E-state index contributed by atoms with van der Waals surface area (Å²) in [4.78, 5) is 4.26. The average molecular weight is 476 g/mol. The van der Waals surface area contributed by atoms with E-state index in [0.717, 1.165) is 5.69 Å². The van der Waals surface area contributed by atoms with Gasteiger partial charge in [0.1, 0.15) is 27.9 Å². The van der Waals surface area contributed by atoms with Crippen LogP contribution in [0.4, 0.5) is 17.1 Å². The van der Waals surface area contributed by atoms with E-state index in [-0.39, 0.29) is 16.3 Å². The van der Waals surface area contributed by atoms with Gasteiger partial charge in [-0.25, -0.2) is 9.66 Å². The van der Waals surface area contributed by atoms with Crippen LogP contribution < -0.4 is 5.43 Å². The Kier molecular flexibility index (Phi) is 5.42. The maximum Gasteiger partial charge on any atom is 0.154 e. The number of anilines is 1. The summed E-state index contributed by atoms with van der Waals surface area (Å²) in [6.07, 6.45) is 0. The van der Waals surface area contributed by atoms with E-state index in [1.807, 2.05) is 43.3 Å². The zero-order valence-corrected chi connectivity index (χ0v) is 18.8. The first-order chi connectivity index (χ1) is 16.3. The second kappa shape index (κ2) is 8.43. The van der Waals surface area contributed by atoms with Gasteiger partial charge >= 0.3 is 0 Å². The van der Waals surface area contributed by atoms with Crippen LogP contribution in [0.2, 0.25) is 0 Å². The Labute approximate surface area is 196 Å². The minimum atomic E-state index is -4.21. The second-order valence-electron chi connectivity index (χ2n) is 7.63. The molecular formula is C24H21N5O4S. The molecule has 172 valence electrons. The van der Waals surface area contributed by atoms with Gasteiger partial charge in [0.15, 0.2) is 5.75 Å². The number of phenols is 1. The predicted molar refractivity (Wildman–Crippen MR) is 133 cm³/mol. The predicted octanol–water partition coefficient (Wildman–Crippen LogP) is 7.08. The molecule has 0 saturated carbocycles. The first kappa shape index (κ1) is 21.9. The molecule has 10 heteroatoms. The number of nitrogens with zero attached hydrogens (tertiary/aromatic N) is 4. The molecule has 1 aromatic heterocycles.